The Hall–Kier alpha value is -2.16. The van der Waals surface area contributed by atoms with Crippen molar-refractivity contribution in [3.8, 4) is 6.07 Å². The van der Waals surface area contributed by atoms with Crippen LogP contribution in [0.3, 0.4) is 0 Å². The predicted molar refractivity (Wildman–Crippen MR) is 49.0 cm³/mol. The first-order valence-electron chi connectivity index (χ1n) is 3.97. The minimum absolute atomic E-state index is 0.196. The first kappa shape index (κ1) is 9.92. The highest BCUT2D eigenvalue weighted by Crippen LogP contribution is 2.05. The third kappa shape index (κ3) is 2.71. The molecule has 0 aliphatic heterocycles. The molecule has 1 aromatic rings. The van der Waals surface area contributed by atoms with Gasteiger partial charge in [-0.1, -0.05) is 0 Å². The van der Waals surface area contributed by atoms with Gasteiger partial charge in [0.05, 0.1) is 0 Å². The van der Waals surface area contributed by atoms with Gasteiger partial charge < -0.3 is 11.1 Å². The van der Waals surface area contributed by atoms with Crippen LogP contribution in [-0.2, 0) is 4.79 Å². The second-order valence-corrected chi connectivity index (χ2v) is 2.51. The van der Waals surface area contributed by atoms with Gasteiger partial charge in [-0.15, -0.1) is 0 Å². The molecule has 0 fully saturated rings. The maximum absolute atomic E-state index is 10.4. The van der Waals surface area contributed by atoms with Crippen LogP contribution in [0.25, 0.3) is 0 Å². The topological polar surface area (TPSA) is 105 Å². The first-order chi connectivity index (χ1) is 6.74. The van der Waals surface area contributed by atoms with Gasteiger partial charge in [-0.05, 0) is 0 Å². The first-order valence-corrected chi connectivity index (χ1v) is 3.97. The van der Waals surface area contributed by atoms with Crippen molar-refractivity contribution in [3.63, 3.8) is 0 Å². The van der Waals surface area contributed by atoms with Crippen molar-refractivity contribution in [2.45, 2.75) is 6.42 Å². The smallest absolute Gasteiger partial charge is 0.219 e. The molecule has 1 heterocycles. The summed E-state index contributed by atoms with van der Waals surface area (Å²) in [4.78, 5) is 18.1. The number of hydrogen-bond acceptors (Lipinski definition) is 5. The van der Waals surface area contributed by atoms with Gasteiger partial charge in [0, 0.05) is 25.4 Å². The molecule has 14 heavy (non-hydrogen) atoms. The number of nitrogens with one attached hydrogen (secondary N) is 1. The SMILES string of the molecule is N#Cc1nccnc1NCCC(N)=O. The molecule has 1 amide bonds. The van der Waals surface area contributed by atoms with E-state index in [-0.39, 0.29) is 12.1 Å². The maximum atomic E-state index is 10.4. The molecule has 0 aliphatic rings. The summed E-state index contributed by atoms with van der Waals surface area (Å²) in [5.74, 6) is -0.0313. The summed E-state index contributed by atoms with van der Waals surface area (Å²) < 4.78 is 0. The van der Waals surface area contributed by atoms with Crippen molar-refractivity contribution in [3.05, 3.63) is 18.1 Å². The Balaban J connectivity index is 2.59. The Morgan fingerprint density at radius 3 is 2.93 bits per heavy atom. The largest absolute Gasteiger partial charge is 0.370 e. The van der Waals surface area contributed by atoms with Crippen LogP contribution in [0.2, 0.25) is 0 Å². The molecular formula is C8H9N5O. The third-order valence-electron chi connectivity index (χ3n) is 1.47. The molecule has 0 aliphatic carbocycles. The quantitative estimate of drug-likeness (QED) is 0.675. The third-order valence-corrected chi connectivity index (χ3v) is 1.47. The van der Waals surface area contributed by atoms with Crippen LogP contribution < -0.4 is 11.1 Å². The molecule has 3 N–H and O–H groups in total. The van der Waals surface area contributed by atoms with E-state index in [0.29, 0.717) is 12.4 Å². The second kappa shape index (κ2) is 4.77. The fraction of sp³-hybridized carbons (Fsp3) is 0.250. The van der Waals surface area contributed by atoms with Crippen molar-refractivity contribution >= 4 is 11.7 Å². The summed E-state index contributed by atoms with van der Waals surface area (Å²) in [5, 5.41) is 11.4. The van der Waals surface area contributed by atoms with Gasteiger partial charge in [0.25, 0.3) is 0 Å². The number of primary amides is 1. The van der Waals surface area contributed by atoms with Crippen LogP contribution in [0.15, 0.2) is 12.4 Å². The fourth-order valence-corrected chi connectivity index (χ4v) is 0.853. The van der Waals surface area contributed by atoms with Crippen molar-refractivity contribution in [1.82, 2.24) is 9.97 Å². The molecule has 0 bridgehead atoms. The molecule has 6 heteroatoms. The summed E-state index contributed by atoms with van der Waals surface area (Å²) in [6.07, 6.45) is 3.09. The molecule has 1 aromatic heterocycles. The van der Waals surface area contributed by atoms with Gasteiger partial charge in [-0.3, -0.25) is 4.79 Å². The van der Waals surface area contributed by atoms with Crippen molar-refractivity contribution in [1.29, 1.82) is 5.26 Å². The van der Waals surface area contributed by atoms with Gasteiger partial charge in [0.2, 0.25) is 5.91 Å². The molecule has 0 aromatic carbocycles. The normalized spacial score (nSPS) is 9.07. The zero-order chi connectivity index (χ0) is 10.4. The Kier molecular flexibility index (Phi) is 3.38. The number of rotatable bonds is 4. The zero-order valence-electron chi connectivity index (χ0n) is 7.40. The molecule has 0 saturated carbocycles. The monoisotopic (exact) mass is 191 g/mol. The summed E-state index contributed by atoms with van der Waals surface area (Å²) in [7, 11) is 0. The minimum Gasteiger partial charge on any atom is -0.370 e. The molecule has 6 nitrogen and oxygen atoms in total. The van der Waals surface area contributed by atoms with Crippen LogP contribution in [-0.4, -0.2) is 22.4 Å². The van der Waals surface area contributed by atoms with E-state index in [1.807, 2.05) is 6.07 Å². The average molecular weight is 191 g/mol. The molecule has 0 radical (unpaired) electrons. The van der Waals surface area contributed by atoms with Gasteiger partial charge >= 0.3 is 0 Å². The van der Waals surface area contributed by atoms with Crippen molar-refractivity contribution < 1.29 is 4.79 Å². The van der Waals surface area contributed by atoms with E-state index >= 15 is 0 Å². The van der Waals surface area contributed by atoms with E-state index in [1.165, 1.54) is 12.4 Å². The van der Waals surface area contributed by atoms with Crippen LogP contribution in [0, 0.1) is 11.3 Å². The van der Waals surface area contributed by atoms with Gasteiger partial charge in [0.15, 0.2) is 11.5 Å². The van der Waals surface area contributed by atoms with E-state index in [1.54, 1.807) is 0 Å². The number of anilines is 1. The van der Waals surface area contributed by atoms with Crippen LogP contribution >= 0.6 is 0 Å². The van der Waals surface area contributed by atoms with Gasteiger partial charge in [-0.25, -0.2) is 9.97 Å². The summed E-state index contributed by atoms with van der Waals surface area (Å²) >= 11 is 0. The number of aromatic nitrogens is 2. The number of amides is 1. The maximum Gasteiger partial charge on any atom is 0.219 e. The molecule has 0 spiro atoms. The molecule has 0 unspecified atom stereocenters. The predicted octanol–water partition coefficient (Wildman–Crippen LogP) is -0.364. The lowest BCUT2D eigenvalue weighted by molar-refractivity contribution is -0.117. The number of nitrogens with zero attached hydrogens (tertiary/aromatic N) is 3. The van der Waals surface area contributed by atoms with Crippen molar-refractivity contribution in [2.24, 2.45) is 5.73 Å². The molecule has 0 saturated heterocycles. The molecule has 0 atom stereocenters. The minimum atomic E-state index is -0.403. The summed E-state index contributed by atoms with van der Waals surface area (Å²) in [6, 6.07) is 1.88. The van der Waals surface area contributed by atoms with Crippen LogP contribution in [0.5, 0.6) is 0 Å². The Labute approximate surface area is 80.8 Å². The number of carbonyl (C=O) groups excluding carboxylic acids is 1. The van der Waals surface area contributed by atoms with Gasteiger partial charge in [-0.2, -0.15) is 5.26 Å². The lowest BCUT2D eigenvalue weighted by atomic mass is 10.4. The highest BCUT2D eigenvalue weighted by molar-refractivity contribution is 5.74. The highest BCUT2D eigenvalue weighted by atomic mass is 16.1. The van der Waals surface area contributed by atoms with E-state index in [0.717, 1.165) is 0 Å². The van der Waals surface area contributed by atoms with E-state index in [4.69, 9.17) is 11.0 Å². The lowest BCUT2D eigenvalue weighted by Crippen LogP contribution is -2.16. The molecule has 72 valence electrons. The summed E-state index contributed by atoms with van der Waals surface area (Å²) in [5.41, 5.74) is 5.15. The van der Waals surface area contributed by atoms with E-state index < -0.39 is 5.91 Å². The summed E-state index contributed by atoms with van der Waals surface area (Å²) in [6.45, 7) is 0.350. The Bertz CT molecular complexity index is 370. The van der Waals surface area contributed by atoms with E-state index in [9.17, 15) is 4.79 Å². The zero-order valence-corrected chi connectivity index (χ0v) is 7.40. The van der Waals surface area contributed by atoms with Crippen molar-refractivity contribution in [2.75, 3.05) is 11.9 Å². The van der Waals surface area contributed by atoms with Crippen LogP contribution in [0.1, 0.15) is 12.1 Å². The molecular weight excluding hydrogens is 182 g/mol. The standard InChI is InChI=1S/C8H9N5O/c9-5-6-8(13-4-3-11-6)12-2-1-7(10)14/h3-4H,1-2H2,(H2,10,14)(H,12,13). The Morgan fingerprint density at radius 1 is 1.57 bits per heavy atom. The number of nitrogens with two attached hydrogens (primary N) is 1. The number of nitriles is 1. The number of carbonyl (C=O) groups is 1. The molecule has 1 rings (SSSR count). The highest BCUT2D eigenvalue weighted by Gasteiger charge is 2.02. The fourth-order valence-electron chi connectivity index (χ4n) is 0.853. The second-order valence-electron chi connectivity index (χ2n) is 2.51. The number of hydrogen-bond donors (Lipinski definition) is 2. The average Bonchev–Trinajstić information content (AvgIpc) is 2.18. The van der Waals surface area contributed by atoms with Crippen LogP contribution in [0.4, 0.5) is 5.82 Å². The lowest BCUT2D eigenvalue weighted by Gasteiger charge is -2.03. The van der Waals surface area contributed by atoms with E-state index in [2.05, 4.69) is 15.3 Å². The Morgan fingerprint density at radius 2 is 2.29 bits per heavy atom. The van der Waals surface area contributed by atoms with Gasteiger partial charge in [0.1, 0.15) is 6.07 Å².